The van der Waals surface area contributed by atoms with Crippen LogP contribution >= 0.6 is 19.5 Å². The lowest BCUT2D eigenvalue weighted by atomic mass is 9.79. The maximum absolute atomic E-state index is 10.1. The summed E-state index contributed by atoms with van der Waals surface area (Å²) >= 11 is 5.53. The number of nitrogens with zero attached hydrogens (tertiary/aromatic N) is 2. The summed E-state index contributed by atoms with van der Waals surface area (Å²) in [5.74, 6) is 0.881. The van der Waals surface area contributed by atoms with Crippen LogP contribution in [0.25, 0.3) is 66.3 Å². The van der Waals surface area contributed by atoms with Gasteiger partial charge in [-0.05, 0) is 127 Å². The fraction of sp³-hybridized carbons (Fsp3) is 0.258. The number of pyridine rings is 2. The lowest BCUT2D eigenvalue weighted by Crippen LogP contribution is -2.29. The van der Waals surface area contributed by atoms with E-state index in [1.54, 1.807) is 30.7 Å². The first-order valence-electron chi connectivity index (χ1n) is 25.5. The summed E-state index contributed by atoms with van der Waals surface area (Å²) in [4.78, 5) is 8.28. The SMILES string of the molecule is COc1cccc(CO)c1-c1ccccc1P(C1CCCCC1)C1CCCCC1.Cc1ccnc(-c2cccc3c2oc2ccccc23)c1.Cc1ccnc(Cl)c1.OB(O)c1cccc2c1oc1ccccc12. The zero-order valence-electron chi connectivity index (χ0n) is 41.9. The third kappa shape index (κ3) is 12.1. The Bertz CT molecular complexity index is 3360. The van der Waals surface area contributed by atoms with Crippen molar-refractivity contribution in [1.29, 1.82) is 0 Å². The number of hydrogen-bond acceptors (Lipinski definition) is 8. The summed E-state index contributed by atoms with van der Waals surface area (Å²) in [6.07, 6.45) is 17.5. The molecular formula is C62H63BClN2O6P. The van der Waals surface area contributed by atoms with E-state index in [0.717, 1.165) is 83.3 Å². The number of para-hydroxylation sites is 4. The van der Waals surface area contributed by atoms with Crippen LogP contribution in [0.1, 0.15) is 80.9 Å². The number of hydrogen-bond donors (Lipinski definition) is 3. The first-order chi connectivity index (χ1) is 35.7. The van der Waals surface area contributed by atoms with E-state index >= 15 is 0 Å². The van der Waals surface area contributed by atoms with Gasteiger partial charge >= 0.3 is 7.12 Å². The smallest absolute Gasteiger partial charge is 0.492 e. The van der Waals surface area contributed by atoms with Gasteiger partial charge in [0.1, 0.15) is 33.2 Å². The molecule has 4 aromatic heterocycles. The number of benzene rings is 6. The van der Waals surface area contributed by atoms with E-state index in [-0.39, 0.29) is 14.5 Å². The quantitative estimate of drug-likeness (QED) is 0.0782. The average Bonchev–Trinajstić information content (AvgIpc) is 4.01. The third-order valence-corrected chi connectivity index (χ3v) is 17.8. The molecule has 0 amide bonds. The predicted molar refractivity (Wildman–Crippen MR) is 304 cm³/mol. The number of aliphatic hydroxyl groups excluding tert-OH is 1. The van der Waals surface area contributed by atoms with Gasteiger partial charge in [-0.3, -0.25) is 4.98 Å². The molecule has 372 valence electrons. The molecule has 10 aromatic rings. The van der Waals surface area contributed by atoms with Crippen LogP contribution in [-0.2, 0) is 6.61 Å². The number of aliphatic hydroxyl groups is 1. The molecule has 0 unspecified atom stereocenters. The second-order valence-electron chi connectivity index (χ2n) is 19.0. The molecule has 0 saturated heterocycles. The Morgan fingerprint density at radius 3 is 1.71 bits per heavy atom. The lowest BCUT2D eigenvalue weighted by Gasteiger charge is -2.39. The number of halogens is 1. The summed E-state index contributed by atoms with van der Waals surface area (Å²) in [5.41, 5.74) is 12.9. The normalized spacial score (nSPS) is 14.0. The number of methoxy groups -OCH3 is 1. The molecule has 3 N–H and O–H groups in total. The van der Waals surface area contributed by atoms with E-state index in [0.29, 0.717) is 16.2 Å². The molecule has 6 aromatic carbocycles. The van der Waals surface area contributed by atoms with Crippen molar-refractivity contribution in [2.24, 2.45) is 0 Å². The van der Waals surface area contributed by atoms with Gasteiger partial charge in [0, 0.05) is 50.5 Å². The van der Waals surface area contributed by atoms with E-state index in [9.17, 15) is 15.2 Å². The van der Waals surface area contributed by atoms with Crippen molar-refractivity contribution in [2.45, 2.75) is 96.0 Å². The number of fused-ring (bicyclic) bond motifs is 6. The van der Waals surface area contributed by atoms with E-state index in [1.165, 1.54) is 75.3 Å². The third-order valence-electron chi connectivity index (χ3n) is 14.1. The van der Waals surface area contributed by atoms with Crippen LogP contribution < -0.4 is 15.5 Å². The average molecular weight is 1010 g/mol. The highest BCUT2D eigenvalue weighted by Gasteiger charge is 2.34. The molecule has 0 radical (unpaired) electrons. The van der Waals surface area contributed by atoms with E-state index in [2.05, 4.69) is 71.5 Å². The summed E-state index contributed by atoms with van der Waals surface area (Å²) in [5, 5.41) is 34.9. The fourth-order valence-corrected chi connectivity index (χ4v) is 14.8. The van der Waals surface area contributed by atoms with Crippen molar-refractivity contribution >= 4 is 81.3 Å². The minimum absolute atomic E-state index is 0.0473. The Morgan fingerprint density at radius 2 is 1.12 bits per heavy atom. The van der Waals surface area contributed by atoms with Gasteiger partial charge < -0.3 is 28.7 Å². The Morgan fingerprint density at radius 1 is 0.589 bits per heavy atom. The van der Waals surface area contributed by atoms with Crippen LogP contribution in [0.2, 0.25) is 5.15 Å². The number of furan rings is 2. The van der Waals surface area contributed by atoms with Gasteiger partial charge in [0.05, 0.1) is 19.4 Å². The highest BCUT2D eigenvalue weighted by Crippen LogP contribution is 2.56. The molecule has 11 heteroatoms. The maximum Gasteiger partial charge on any atom is 0.492 e. The van der Waals surface area contributed by atoms with Gasteiger partial charge in [-0.15, -0.1) is 0 Å². The number of rotatable bonds is 8. The summed E-state index contributed by atoms with van der Waals surface area (Å²) in [6, 6.07) is 50.3. The number of aromatic nitrogens is 2. The van der Waals surface area contributed by atoms with Crippen molar-refractivity contribution < 1.29 is 28.7 Å². The minimum atomic E-state index is -1.51. The molecule has 8 nitrogen and oxygen atoms in total. The van der Waals surface area contributed by atoms with Gasteiger partial charge in [0.15, 0.2) is 0 Å². The molecule has 2 aliphatic carbocycles. The van der Waals surface area contributed by atoms with Crippen LogP contribution in [-0.4, -0.2) is 50.7 Å². The van der Waals surface area contributed by atoms with Crippen LogP contribution in [0.3, 0.4) is 0 Å². The highest BCUT2D eigenvalue weighted by molar-refractivity contribution is 7.67. The number of ether oxygens (including phenoxy) is 1. The monoisotopic (exact) mass is 1010 g/mol. The standard InChI is InChI=1S/C26H35O2P.C18H13NO.C12H9BO3.C6H6ClN/c1-28-24-17-10-11-20(19-27)26(24)23-16-8-9-18-25(23)29(21-12-4-2-5-13-21)22-14-6-3-7-15-22;1-12-9-10-19-16(11-12)15-7-4-6-14-13-5-2-3-8-17(13)20-18(14)15;14-13(15)10-6-3-5-9-8-4-1-2-7-11(8)16-12(9)10;1-5-2-3-8-6(7)4-5/h8-11,16-18,21-22,27H,2-7,12-15,19H2,1H3;2-11H,1H3;1-7,14-15H;2-4H,1H3. The van der Waals surface area contributed by atoms with Gasteiger partial charge in [-0.25, -0.2) is 4.98 Å². The van der Waals surface area contributed by atoms with E-state index in [4.69, 9.17) is 25.2 Å². The largest absolute Gasteiger partial charge is 0.496 e. The van der Waals surface area contributed by atoms with Gasteiger partial charge in [0.25, 0.3) is 0 Å². The minimum Gasteiger partial charge on any atom is -0.496 e. The zero-order valence-corrected chi connectivity index (χ0v) is 43.5. The van der Waals surface area contributed by atoms with Crippen LogP contribution in [0, 0.1) is 13.8 Å². The molecule has 4 heterocycles. The molecule has 2 fully saturated rings. The Labute approximate surface area is 435 Å². The molecule has 2 saturated carbocycles. The van der Waals surface area contributed by atoms with Crippen LogP contribution in [0.15, 0.2) is 173 Å². The molecule has 0 bridgehead atoms. The van der Waals surface area contributed by atoms with Crippen molar-refractivity contribution in [3.63, 3.8) is 0 Å². The van der Waals surface area contributed by atoms with Gasteiger partial charge in [-0.2, -0.15) is 0 Å². The zero-order chi connectivity index (χ0) is 50.7. The first kappa shape index (κ1) is 51.6. The predicted octanol–water partition coefficient (Wildman–Crippen LogP) is 14.9. The molecule has 12 rings (SSSR count). The summed E-state index contributed by atoms with van der Waals surface area (Å²) in [7, 11) is 0.0253. The number of aryl methyl sites for hydroxylation is 2. The molecule has 0 aliphatic heterocycles. The maximum atomic E-state index is 10.1. The van der Waals surface area contributed by atoms with Gasteiger partial charge in [0.2, 0.25) is 0 Å². The van der Waals surface area contributed by atoms with Gasteiger partial charge in [-0.1, -0.05) is 161 Å². The van der Waals surface area contributed by atoms with Crippen LogP contribution in [0.5, 0.6) is 5.75 Å². The topological polar surface area (TPSA) is 122 Å². The molecule has 0 atom stereocenters. The van der Waals surface area contributed by atoms with E-state index in [1.807, 2.05) is 98.0 Å². The van der Waals surface area contributed by atoms with Crippen molar-refractivity contribution in [1.82, 2.24) is 9.97 Å². The molecule has 0 spiro atoms. The summed E-state index contributed by atoms with van der Waals surface area (Å²) < 4.78 is 17.4. The fourth-order valence-electron chi connectivity index (χ4n) is 10.6. The molecule has 73 heavy (non-hydrogen) atoms. The molecule has 2 aliphatic rings. The highest BCUT2D eigenvalue weighted by atomic mass is 35.5. The Balaban J connectivity index is 0.000000130. The van der Waals surface area contributed by atoms with Crippen molar-refractivity contribution in [2.75, 3.05) is 7.11 Å². The second kappa shape index (κ2) is 24.6. The molecular weight excluding hydrogens is 946 g/mol. The Kier molecular flexibility index (Phi) is 17.4. The van der Waals surface area contributed by atoms with Crippen molar-refractivity contribution in [3.8, 4) is 28.1 Å². The first-order valence-corrected chi connectivity index (χ1v) is 27.4. The lowest BCUT2D eigenvalue weighted by molar-refractivity contribution is 0.281. The van der Waals surface area contributed by atoms with E-state index < -0.39 is 7.12 Å². The second-order valence-corrected chi connectivity index (χ2v) is 22.2. The van der Waals surface area contributed by atoms with Crippen LogP contribution in [0.4, 0.5) is 0 Å². The summed E-state index contributed by atoms with van der Waals surface area (Å²) in [6.45, 7) is 4.10. The van der Waals surface area contributed by atoms with Crippen molar-refractivity contribution in [3.05, 3.63) is 186 Å². The Hall–Kier alpha value is -6.32.